The van der Waals surface area contributed by atoms with Gasteiger partial charge in [-0.1, -0.05) is 11.6 Å². The number of nitrogens with zero attached hydrogens (tertiary/aromatic N) is 1. The number of carbonyl (C=O) groups excluding carboxylic acids is 1. The lowest BCUT2D eigenvalue weighted by Crippen LogP contribution is -2.40. The summed E-state index contributed by atoms with van der Waals surface area (Å²) in [6.45, 7) is 3.05. The van der Waals surface area contributed by atoms with Gasteiger partial charge < -0.3 is 10.1 Å². The molecule has 92 valence electrons. The van der Waals surface area contributed by atoms with Crippen LogP contribution in [0, 0.1) is 6.92 Å². The van der Waals surface area contributed by atoms with Crippen LogP contribution in [-0.4, -0.2) is 32.3 Å². The minimum absolute atomic E-state index is 0.0346. The number of hydrogen-bond acceptors (Lipinski definition) is 3. The van der Waals surface area contributed by atoms with E-state index in [2.05, 4.69) is 5.32 Å². The molecule has 0 bridgehead atoms. The zero-order valence-electron chi connectivity index (χ0n) is 9.87. The normalized spacial score (nSPS) is 19.6. The van der Waals surface area contributed by atoms with E-state index in [4.69, 9.17) is 16.3 Å². The summed E-state index contributed by atoms with van der Waals surface area (Å²) < 4.78 is 5.08. The molecule has 4 nitrogen and oxygen atoms in total. The molecule has 1 aromatic rings. The Hall–Kier alpha value is -1.26. The molecule has 1 heterocycles. The van der Waals surface area contributed by atoms with Gasteiger partial charge in [-0.15, -0.1) is 0 Å². The lowest BCUT2D eigenvalue weighted by Gasteiger charge is -2.23. The second-order valence-corrected chi connectivity index (χ2v) is 4.53. The van der Waals surface area contributed by atoms with Crippen molar-refractivity contribution >= 4 is 23.4 Å². The summed E-state index contributed by atoms with van der Waals surface area (Å²) in [5, 5.41) is 3.73. The topological polar surface area (TPSA) is 41.6 Å². The van der Waals surface area contributed by atoms with Gasteiger partial charge in [-0.25, -0.2) is 4.79 Å². The van der Waals surface area contributed by atoms with E-state index in [1.807, 2.05) is 26.1 Å². The third-order valence-electron chi connectivity index (χ3n) is 2.82. The number of carbonyl (C=O) groups is 1. The Balaban J connectivity index is 2.32. The zero-order valence-corrected chi connectivity index (χ0v) is 10.6. The van der Waals surface area contributed by atoms with E-state index >= 15 is 0 Å². The summed E-state index contributed by atoms with van der Waals surface area (Å²) in [7, 11) is 1.86. The highest BCUT2D eigenvalue weighted by Gasteiger charge is 2.34. The summed E-state index contributed by atoms with van der Waals surface area (Å²) in [5.74, 6) is 0. The summed E-state index contributed by atoms with van der Waals surface area (Å²) in [4.78, 5) is 13.4. The molecule has 17 heavy (non-hydrogen) atoms. The Kier molecular flexibility index (Phi) is 3.54. The lowest BCUT2D eigenvalue weighted by atomic mass is 10.1. The fourth-order valence-corrected chi connectivity index (χ4v) is 2.26. The number of likely N-dealkylation sites (N-methyl/N-ethyl adjacent to an activating group) is 1. The molecule has 0 spiro atoms. The van der Waals surface area contributed by atoms with Gasteiger partial charge in [-0.05, 0) is 37.7 Å². The van der Waals surface area contributed by atoms with Crippen LogP contribution in [0.2, 0.25) is 5.02 Å². The van der Waals surface area contributed by atoms with E-state index in [1.54, 1.807) is 11.0 Å². The Morgan fingerprint density at radius 3 is 3.00 bits per heavy atom. The van der Waals surface area contributed by atoms with Crippen LogP contribution in [0.1, 0.15) is 5.56 Å². The minimum Gasteiger partial charge on any atom is -0.447 e. The smallest absolute Gasteiger partial charge is 0.414 e. The maximum Gasteiger partial charge on any atom is 0.414 e. The molecular weight excluding hydrogens is 240 g/mol. The van der Waals surface area contributed by atoms with Gasteiger partial charge in [0.25, 0.3) is 0 Å². The van der Waals surface area contributed by atoms with Crippen LogP contribution in [-0.2, 0) is 4.74 Å². The molecule has 1 fully saturated rings. The number of benzene rings is 1. The summed E-state index contributed by atoms with van der Waals surface area (Å²) in [5.41, 5.74) is 1.83. The molecule has 0 saturated carbocycles. The largest absolute Gasteiger partial charge is 0.447 e. The van der Waals surface area contributed by atoms with E-state index in [9.17, 15) is 4.79 Å². The molecule has 1 unspecified atom stereocenters. The van der Waals surface area contributed by atoms with Crippen molar-refractivity contribution in [3.8, 4) is 0 Å². The van der Waals surface area contributed by atoms with Gasteiger partial charge in [0.2, 0.25) is 0 Å². The average molecular weight is 255 g/mol. The highest BCUT2D eigenvalue weighted by atomic mass is 35.5. The van der Waals surface area contributed by atoms with Crippen LogP contribution in [0.5, 0.6) is 0 Å². The van der Waals surface area contributed by atoms with E-state index < -0.39 is 0 Å². The van der Waals surface area contributed by atoms with E-state index in [0.29, 0.717) is 18.2 Å². The Labute approximate surface area is 106 Å². The molecule has 1 atom stereocenters. The summed E-state index contributed by atoms with van der Waals surface area (Å²) in [6.07, 6.45) is -0.296. The van der Waals surface area contributed by atoms with Crippen molar-refractivity contribution < 1.29 is 9.53 Å². The first kappa shape index (κ1) is 12.2. The molecule has 1 aromatic carbocycles. The molecule has 0 aliphatic carbocycles. The number of aryl methyl sites for hydroxylation is 1. The van der Waals surface area contributed by atoms with Crippen LogP contribution in [0.25, 0.3) is 0 Å². The van der Waals surface area contributed by atoms with Crippen LogP contribution < -0.4 is 10.2 Å². The molecule has 1 aliphatic heterocycles. The van der Waals surface area contributed by atoms with Crippen molar-refractivity contribution in [2.75, 3.05) is 25.1 Å². The molecule has 1 amide bonds. The highest BCUT2D eigenvalue weighted by molar-refractivity contribution is 6.30. The first-order valence-electron chi connectivity index (χ1n) is 5.50. The van der Waals surface area contributed by atoms with E-state index in [-0.39, 0.29) is 12.1 Å². The van der Waals surface area contributed by atoms with Crippen molar-refractivity contribution in [1.82, 2.24) is 5.32 Å². The molecule has 0 aromatic heterocycles. The first-order chi connectivity index (χ1) is 8.13. The molecule has 2 rings (SSSR count). The van der Waals surface area contributed by atoms with Crippen molar-refractivity contribution in [3.05, 3.63) is 28.8 Å². The Bertz CT molecular complexity index is 437. The third kappa shape index (κ3) is 2.37. The van der Waals surface area contributed by atoms with Gasteiger partial charge in [0.1, 0.15) is 6.61 Å². The third-order valence-corrected chi connectivity index (χ3v) is 3.05. The fourth-order valence-electron chi connectivity index (χ4n) is 2.03. The van der Waals surface area contributed by atoms with Gasteiger partial charge in [0.15, 0.2) is 0 Å². The maximum absolute atomic E-state index is 11.7. The SMILES string of the molecule is CNCC1COC(=O)N1c1ccc(Cl)cc1C. The summed E-state index contributed by atoms with van der Waals surface area (Å²) in [6, 6.07) is 5.52. The molecule has 0 radical (unpaired) electrons. The van der Waals surface area contributed by atoms with Crippen LogP contribution >= 0.6 is 11.6 Å². The molecule has 1 N–H and O–H groups in total. The number of ether oxygens (including phenoxy) is 1. The van der Waals surface area contributed by atoms with Gasteiger partial charge in [-0.2, -0.15) is 0 Å². The van der Waals surface area contributed by atoms with Crippen LogP contribution in [0.4, 0.5) is 10.5 Å². The van der Waals surface area contributed by atoms with Crippen molar-refractivity contribution in [3.63, 3.8) is 0 Å². The minimum atomic E-state index is -0.296. The van der Waals surface area contributed by atoms with Crippen LogP contribution in [0.3, 0.4) is 0 Å². The number of halogens is 1. The number of anilines is 1. The molecular formula is C12H15ClN2O2. The predicted octanol–water partition coefficient (Wildman–Crippen LogP) is 2.19. The van der Waals surface area contributed by atoms with E-state index in [1.165, 1.54) is 0 Å². The van der Waals surface area contributed by atoms with Crippen molar-refractivity contribution in [1.29, 1.82) is 0 Å². The Morgan fingerprint density at radius 2 is 2.35 bits per heavy atom. The fraction of sp³-hybridized carbons (Fsp3) is 0.417. The average Bonchev–Trinajstić information content (AvgIpc) is 2.62. The number of hydrogen-bond donors (Lipinski definition) is 1. The quantitative estimate of drug-likeness (QED) is 0.899. The molecule has 1 aliphatic rings. The van der Waals surface area contributed by atoms with E-state index in [0.717, 1.165) is 11.3 Å². The second kappa shape index (κ2) is 4.94. The van der Waals surface area contributed by atoms with Crippen molar-refractivity contribution in [2.24, 2.45) is 0 Å². The molecule has 5 heteroatoms. The Morgan fingerprint density at radius 1 is 1.59 bits per heavy atom. The van der Waals surface area contributed by atoms with Gasteiger partial charge in [0.05, 0.1) is 11.7 Å². The second-order valence-electron chi connectivity index (χ2n) is 4.09. The standard InChI is InChI=1S/C12H15ClN2O2/c1-8-5-9(13)3-4-11(8)15-10(6-14-2)7-17-12(15)16/h3-5,10,14H,6-7H2,1-2H3. The number of amides is 1. The number of nitrogens with one attached hydrogen (secondary N) is 1. The molecule has 1 saturated heterocycles. The van der Waals surface area contributed by atoms with Crippen LogP contribution in [0.15, 0.2) is 18.2 Å². The monoisotopic (exact) mass is 254 g/mol. The van der Waals surface area contributed by atoms with Gasteiger partial charge in [-0.3, -0.25) is 4.90 Å². The predicted molar refractivity (Wildman–Crippen MR) is 67.7 cm³/mol. The van der Waals surface area contributed by atoms with Gasteiger partial charge in [0, 0.05) is 11.6 Å². The number of cyclic esters (lactones) is 1. The maximum atomic E-state index is 11.7. The van der Waals surface area contributed by atoms with Crippen molar-refractivity contribution in [2.45, 2.75) is 13.0 Å². The first-order valence-corrected chi connectivity index (χ1v) is 5.88. The zero-order chi connectivity index (χ0) is 12.4. The summed E-state index contributed by atoms with van der Waals surface area (Å²) >= 11 is 5.91. The number of rotatable bonds is 3. The van der Waals surface area contributed by atoms with Gasteiger partial charge >= 0.3 is 6.09 Å². The lowest BCUT2D eigenvalue weighted by molar-refractivity contribution is 0.178. The highest BCUT2D eigenvalue weighted by Crippen LogP contribution is 2.28.